The number of rotatable bonds is 3. The summed E-state index contributed by atoms with van der Waals surface area (Å²) in [5, 5.41) is 3.66. The Morgan fingerprint density at radius 1 is 1.24 bits per heavy atom. The van der Waals surface area contributed by atoms with Crippen molar-refractivity contribution in [2.24, 2.45) is 0 Å². The Balaban J connectivity index is 1.88. The number of nitrogens with zero attached hydrogens (tertiary/aromatic N) is 1. The van der Waals surface area contributed by atoms with Crippen LogP contribution in [0, 0.1) is 0 Å². The van der Waals surface area contributed by atoms with E-state index in [-0.39, 0.29) is 11.7 Å². The molecule has 1 aromatic rings. The van der Waals surface area contributed by atoms with Gasteiger partial charge in [0.05, 0.1) is 5.54 Å². The highest BCUT2D eigenvalue weighted by Gasteiger charge is 2.51. The van der Waals surface area contributed by atoms with Crippen LogP contribution in [0.2, 0.25) is 0 Å². The van der Waals surface area contributed by atoms with Gasteiger partial charge in [-0.15, -0.1) is 0 Å². The Morgan fingerprint density at radius 2 is 1.86 bits per heavy atom. The van der Waals surface area contributed by atoms with Crippen molar-refractivity contribution in [2.45, 2.75) is 64.1 Å². The molecule has 1 heterocycles. The van der Waals surface area contributed by atoms with E-state index in [0.717, 1.165) is 32.2 Å². The van der Waals surface area contributed by atoms with Crippen LogP contribution in [0.1, 0.15) is 69.7 Å². The van der Waals surface area contributed by atoms with E-state index in [1.54, 1.807) is 0 Å². The molecular formula is C18H26N2O. The van der Waals surface area contributed by atoms with Crippen molar-refractivity contribution >= 4 is 5.91 Å². The van der Waals surface area contributed by atoms with E-state index in [2.05, 4.69) is 50.4 Å². The molecule has 1 amide bonds. The van der Waals surface area contributed by atoms with Crippen molar-refractivity contribution in [3.8, 4) is 0 Å². The zero-order valence-electron chi connectivity index (χ0n) is 13.4. The number of nitrogens with one attached hydrogen (secondary N) is 1. The molecule has 1 aromatic carbocycles. The van der Waals surface area contributed by atoms with Gasteiger partial charge in [0.2, 0.25) is 5.91 Å². The van der Waals surface area contributed by atoms with Crippen molar-refractivity contribution in [1.82, 2.24) is 10.2 Å². The van der Waals surface area contributed by atoms with Crippen molar-refractivity contribution in [2.75, 3.05) is 6.54 Å². The third-order valence-corrected chi connectivity index (χ3v) is 5.11. The van der Waals surface area contributed by atoms with E-state index in [4.69, 9.17) is 0 Å². The van der Waals surface area contributed by atoms with Gasteiger partial charge in [0, 0.05) is 6.54 Å². The average molecular weight is 286 g/mol. The van der Waals surface area contributed by atoms with Crippen LogP contribution < -0.4 is 5.32 Å². The van der Waals surface area contributed by atoms with E-state index in [1.807, 2.05) is 4.90 Å². The lowest BCUT2D eigenvalue weighted by atomic mass is 9.98. The summed E-state index contributed by atoms with van der Waals surface area (Å²) in [6.07, 6.45) is 4.35. The number of likely N-dealkylation sites (N-methyl/N-ethyl adjacent to an activating group) is 1. The van der Waals surface area contributed by atoms with Crippen LogP contribution in [0.15, 0.2) is 24.3 Å². The van der Waals surface area contributed by atoms with Gasteiger partial charge in [-0.1, -0.05) is 51.0 Å². The second-order valence-electron chi connectivity index (χ2n) is 6.75. The lowest BCUT2D eigenvalue weighted by molar-refractivity contribution is -0.133. The Hall–Kier alpha value is -1.35. The molecule has 0 bridgehead atoms. The monoisotopic (exact) mass is 286 g/mol. The molecular weight excluding hydrogens is 260 g/mol. The van der Waals surface area contributed by atoms with Gasteiger partial charge in [-0.25, -0.2) is 0 Å². The Labute approximate surface area is 127 Å². The molecule has 114 valence electrons. The summed E-state index contributed by atoms with van der Waals surface area (Å²) >= 11 is 0. The Kier molecular flexibility index (Phi) is 3.78. The van der Waals surface area contributed by atoms with Crippen molar-refractivity contribution in [1.29, 1.82) is 0 Å². The Bertz CT molecular complexity index is 515. The van der Waals surface area contributed by atoms with Crippen molar-refractivity contribution < 1.29 is 4.79 Å². The fraction of sp³-hybridized carbons (Fsp3) is 0.611. The third kappa shape index (κ3) is 2.38. The van der Waals surface area contributed by atoms with E-state index in [9.17, 15) is 4.79 Å². The summed E-state index contributed by atoms with van der Waals surface area (Å²) in [6, 6.07) is 8.74. The molecule has 1 aliphatic heterocycles. The van der Waals surface area contributed by atoms with E-state index >= 15 is 0 Å². The van der Waals surface area contributed by atoms with Gasteiger partial charge in [-0.05, 0) is 36.8 Å². The minimum absolute atomic E-state index is 0.0433. The van der Waals surface area contributed by atoms with Gasteiger partial charge in [-0.3, -0.25) is 10.1 Å². The zero-order chi connectivity index (χ0) is 15.0. The fourth-order valence-corrected chi connectivity index (χ4v) is 3.78. The molecule has 0 radical (unpaired) electrons. The average Bonchev–Trinajstić information content (AvgIpc) is 3.06. The fourth-order valence-electron chi connectivity index (χ4n) is 3.78. The number of benzene rings is 1. The standard InChI is InChI=1S/C18H26N2O/c1-4-20-16(15-9-7-14(8-10-15)13(2)3)19-18(17(20)21)11-5-6-12-18/h7-10,13,16,19H,4-6,11-12H2,1-3H3. The number of carbonyl (C=O) groups is 1. The maximum absolute atomic E-state index is 12.8. The smallest absolute Gasteiger partial charge is 0.244 e. The summed E-state index contributed by atoms with van der Waals surface area (Å²) in [6.45, 7) is 7.25. The SMILES string of the molecule is CCN1C(=O)C2(CCCC2)NC1c1ccc(C(C)C)cc1. The van der Waals surface area contributed by atoms with Crippen LogP contribution in [-0.4, -0.2) is 22.9 Å². The zero-order valence-corrected chi connectivity index (χ0v) is 13.4. The number of hydrogen-bond acceptors (Lipinski definition) is 2. The molecule has 3 rings (SSSR count). The molecule has 1 N–H and O–H groups in total. The number of carbonyl (C=O) groups excluding carboxylic acids is 1. The van der Waals surface area contributed by atoms with Gasteiger partial charge in [-0.2, -0.15) is 0 Å². The number of hydrogen-bond donors (Lipinski definition) is 1. The molecule has 1 aliphatic carbocycles. The van der Waals surface area contributed by atoms with E-state index in [0.29, 0.717) is 11.8 Å². The van der Waals surface area contributed by atoms with Crippen molar-refractivity contribution in [3.63, 3.8) is 0 Å². The first-order valence-corrected chi connectivity index (χ1v) is 8.26. The highest BCUT2D eigenvalue weighted by Crippen LogP contribution is 2.40. The van der Waals surface area contributed by atoms with Gasteiger partial charge >= 0.3 is 0 Å². The first kappa shape index (κ1) is 14.6. The van der Waals surface area contributed by atoms with Crippen LogP contribution in [0.4, 0.5) is 0 Å². The maximum atomic E-state index is 12.8. The van der Waals surface area contributed by atoms with Crippen LogP contribution in [0.5, 0.6) is 0 Å². The molecule has 1 atom stereocenters. The predicted octanol–water partition coefficient (Wildman–Crippen LogP) is 3.57. The summed E-state index contributed by atoms with van der Waals surface area (Å²) in [7, 11) is 0. The highest BCUT2D eigenvalue weighted by atomic mass is 16.2. The molecule has 1 saturated carbocycles. The molecule has 3 nitrogen and oxygen atoms in total. The normalized spacial score (nSPS) is 24.5. The van der Waals surface area contributed by atoms with Crippen LogP contribution in [0.25, 0.3) is 0 Å². The second kappa shape index (κ2) is 5.45. The van der Waals surface area contributed by atoms with Gasteiger partial charge < -0.3 is 4.90 Å². The minimum Gasteiger partial charge on any atom is -0.322 e. The van der Waals surface area contributed by atoms with Crippen LogP contribution in [-0.2, 0) is 4.79 Å². The lowest BCUT2D eigenvalue weighted by Crippen LogP contribution is -2.43. The lowest BCUT2D eigenvalue weighted by Gasteiger charge is -2.23. The van der Waals surface area contributed by atoms with Gasteiger partial charge in [0.15, 0.2) is 0 Å². The largest absolute Gasteiger partial charge is 0.322 e. The predicted molar refractivity (Wildman–Crippen MR) is 85.0 cm³/mol. The minimum atomic E-state index is -0.280. The quantitative estimate of drug-likeness (QED) is 0.921. The summed E-state index contributed by atoms with van der Waals surface area (Å²) in [5.74, 6) is 0.848. The van der Waals surface area contributed by atoms with Gasteiger partial charge in [0.25, 0.3) is 0 Å². The molecule has 3 heteroatoms. The summed E-state index contributed by atoms with van der Waals surface area (Å²) < 4.78 is 0. The van der Waals surface area contributed by atoms with E-state index in [1.165, 1.54) is 11.1 Å². The number of amides is 1. The van der Waals surface area contributed by atoms with Crippen LogP contribution in [0.3, 0.4) is 0 Å². The Morgan fingerprint density at radius 3 is 2.38 bits per heavy atom. The molecule has 1 saturated heterocycles. The molecule has 2 fully saturated rings. The highest BCUT2D eigenvalue weighted by molar-refractivity contribution is 5.89. The van der Waals surface area contributed by atoms with Crippen LogP contribution >= 0.6 is 0 Å². The maximum Gasteiger partial charge on any atom is 0.244 e. The second-order valence-corrected chi connectivity index (χ2v) is 6.75. The summed E-state index contributed by atoms with van der Waals surface area (Å²) in [5.41, 5.74) is 2.28. The molecule has 0 aromatic heterocycles. The third-order valence-electron chi connectivity index (χ3n) is 5.11. The summed E-state index contributed by atoms with van der Waals surface area (Å²) in [4.78, 5) is 14.8. The first-order valence-electron chi connectivity index (χ1n) is 8.26. The van der Waals surface area contributed by atoms with Crippen molar-refractivity contribution in [3.05, 3.63) is 35.4 Å². The van der Waals surface area contributed by atoms with Gasteiger partial charge in [0.1, 0.15) is 6.17 Å². The molecule has 1 spiro atoms. The molecule has 21 heavy (non-hydrogen) atoms. The first-order chi connectivity index (χ1) is 10.1. The molecule has 1 unspecified atom stereocenters. The topological polar surface area (TPSA) is 32.3 Å². The molecule has 2 aliphatic rings. The van der Waals surface area contributed by atoms with E-state index < -0.39 is 0 Å².